The van der Waals surface area contributed by atoms with Crippen LogP contribution >= 0.6 is 0 Å². The van der Waals surface area contributed by atoms with Crippen molar-refractivity contribution >= 4 is 86.7 Å². The van der Waals surface area contributed by atoms with Gasteiger partial charge in [-0.2, -0.15) is 0 Å². The van der Waals surface area contributed by atoms with Gasteiger partial charge in [0, 0.05) is 72.1 Å². The number of methoxy groups -OCH3 is 4. The summed E-state index contributed by atoms with van der Waals surface area (Å²) in [6.07, 6.45) is 0. The summed E-state index contributed by atoms with van der Waals surface area (Å²) in [5.74, 6) is 2.76. The lowest BCUT2D eigenvalue weighted by molar-refractivity contribution is 0.394. The lowest BCUT2D eigenvalue weighted by Gasteiger charge is -2.13. The highest BCUT2D eigenvalue weighted by atomic mass is 16.5. The van der Waals surface area contributed by atoms with Crippen LogP contribution in [0.3, 0.4) is 0 Å². The van der Waals surface area contributed by atoms with Crippen LogP contribution in [0.1, 0.15) is 22.3 Å². The van der Waals surface area contributed by atoms with Crippen molar-refractivity contribution in [1.82, 2.24) is 19.9 Å². The van der Waals surface area contributed by atoms with E-state index in [-0.39, 0.29) is 0 Å². The molecule has 14 aromatic rings. The van der Waals surface area contributed by atoms with E-state index in [1.165, 1.54) is 0 Å². The molecular weight excluding hydrogens is 1130 g/mol. The molecule has 0 amide bonds. The number of benzene rings is 12. The third-order valence-corrected chi connectivity index (χ3v) is 18.8. The minimum Gasteiger partial charge on any atom is -0.497 e. The Balaban J connectivity index is 1.25. The highest BCUT2D eigenvalue weighted by Crippen LogP contribution is 2.55. The van der Waals surface area contributed by atoms with E-state index in [0.29, 0.717) is 11.5 Å². The van der Waals surface area contributed by atoms with E-state index in [4.69, 9.17) is 28.9 Å². The summed E-state index contributed by atoms with van der Waals surface area (Å²) in [5, 5.41) is 12.9. The second-order valence-electron chi connectivity index (χ2n) is 24.8. The SMILES string of the molecule is COc1cc(C)cc(-c2c3nc(c(-c4cc(OC)cc(OC)c4)c4[nH]c(c(-c5cc(C)cc(OC)c5)c5nc(c(-c6cc(C)cc(C)c6)c6[nH]c2c2cc7ccccc7cc62)-c2cc6ccccc6cc2-5)c2cc5ccccc5cc42)-c2cc4ccccc4cc2-3)c1. The highest BCUT2D eigenvalue weighted by Gasteiger charge is 2.32. The average Bonchev–Trinajstić information content (AvgIpc) is 1.55. The molecule has 0 atom stereocenters. The molecule has 12 aromatic carbocycles. The summed E-state index contributed by atoms with van der Waals surface area (Å²) >= 11 is 0. The molecule has 17 rings (SSSR count). The molecule has 0 fully saturated rings. The van der Waals surface area contributed by atoms with Gasteiger partial charge in [0.15, 0.2) is 0 Å². The highest BCUT2D eigenvalue weighted by molar-refractivity contribution is 6.25. The molecule has 2 N–H and O–H groups in total. The second-order valence-corrected chi connectivity index (χ2v) is 24.8. The predicted octanol–water partition coefficient (Wildman–Crippen LogP) is 21.8. The average molecular weight is 1190 g/mol. The number of aryl methyl sites for hydroxylation is 4. The molecule has 0 saturated carbocycles. The van der Waals surface area contributed by atoms with Crippen molar-refractivity contribution in [3.8, 4) is 113 Å². The smallest absolute Gasteiger partial charge is 0.123 e. The Bertz CT molecular complexity index is 5800. The van der Waals surface area contributed by atoms with E-state index in [0.717, 1.165) is 210 Å². The molecule has 1 aliphatic carbocycles. The van der Waals surface area contributed by atoms with Gasteiger partial charge in [-0.05, 0) is 189 Å². The quantitative estimate of drug-likeness (QED) is 0.157. The standard InChI is InChI=1S/C84H62N4O4/c1-45-25-46(2)27-57(26-45)73-77-65-36-49-17-9-11-19-51(49)38-67(65)79(85-77)74(58-28-47(3)30-61(32-58)89-5)81-69-40-53-21-13-15-23-55(53)42-71(69)83(87-81)76(60-34-63(91-7)44-64(35-60)92-8)84-72-43-56-24-16-14-22-54(56)41-70(72)82(88-84)75(59-29-48(4)31-62(33-59)90-6)80-68-39-52-20-12-10-18-50(52)37-66(68)78(73)86-80/h9-44,85,88H,1-8H3. The van der Waals surface area contributed by atoms with Crippen LogP contribution in [0.2, 0.25) is 0 Å². The van der Waals surface area contributed by atoms with Gasteiger partial charge in [-0.1, -0.05) is 139 Å². The maximum absolute atomic E-state index is 6.30. The van der Waals surface area contributed by atoms with Gasteiger partial charge in [0.25, 0.3) is 0 Å². The van der Waals surface area contributed by atoms with Crippen LogP contribution in [0.15, 0.2) is 218 Å². The Morgan fingerprint density at radius 2 is 0.478 bits per heavy atom. The molecule has 3 aliphatic rings. The van der Waals surface area contributed by atoms with E-state index in [9.17, 15) is 0 Å². The lowest BCUT2D eigenvalue weighted by Crippen LogP contribution is -1.92. The van der Waals surface area contributed by atoms with Gasteiger partial charge >= 0.3 is 0 Å². The van der Waals surface area contributed by atoms with Gasteiger partial charge in [0.1, 0.15) is 23.0 Å². The molecule has 0 radical (unpaired) electrons. The molecule has 8 bridgehead atoms. The van der Waals surface area contributed by atoms with E-state index in [1.807, 2.05) is 6.07 Å². The van der Waals surface area contributed by atoms with Gasteiger partial charge in [0.2, 0.25) is 0 Å². The number of nitrogens with one attached hydrogen (secondary N) is 2. The fourth-order valence-electron chi connectivity index (χ4n) is 14.8. The summed E-state index contributed by atoms with van der Waals surface area (Å²) in [5.41, 5.74) is 22.6. The van der Waals surface area contributed by atoms with Crippen LogP contribution < -0.4 is 18.9 Å². The molecule has 4 heterocycles. The van der Waals surface area contributed by atoms with Gasteiger partial charge in [-0.3, -0.25) is 0 Å². The maximum atomic E-state index is 6.30. The van der Waals surface area contributed by atoms with Crippen LogP contribution in [0.25, 0.3) is 176 Å². The number of H-pyrrole nitrogens is 2. The Morgan fingerprint density at radius 3 is 0.750 bits per heavy atom. The minimum atomic E-state index is 0.640. The molecule has 0 spiro atoms. The number of nitrogens with zero attached hydrogens (tertiary/aromatic N) is 2. The topological polar surface area (TPSA) is 94.3 Å². The number of aromatic nitrogens is 4. The first-order valence-corrected chi connectivity index (χ1v) is 31.2. The Morgan fingerprint density at radius 1 is 0.250 bits per heavy atom. The van der Waals surface area contributed by atoms with Crippen molar-refractivity contribution in [3.05, 3.63) is 241 Å². The Labute approximate surface area is 532 Å². The first-order chi connectivity index (χ1) is 45.0. The summed E-state index contributed by atoms with van der Waals surface area (Å²) in [6.45, 7) is 8.67. The largest absolute Gasteiger partial charge is 0.497 e. The zero-order valence-corrected chi connectivity index (χ0v) is 52.3. The zero-order valence-electron chi connectivity index (χ0n) is 52.3. The summed E-state index contributed by atoms with van der Waals surface area (Å²) in [7, 11) is 6.91. The van der Waals surface area contributed by atoms with E-state index >= 15 is 0 Å². The van der Waals surface area contributed by atoms with Crippen molar-refractivity contribution in [1.29, 1.82) is 0 Å². The Hall–Kier alpha value is -11.5. The monoisotopic (exact) mass is 1190 g/mol. The van der Waals surface area contributed by atoms with Crippen molar-refractivity contribution in [3.63, 3.8) is 0 Å². The number of rotatable bonds is 8. The summed E-state index contributed by atoms with van der Waals surface area (Å²) in [6, 6.07) is 79.6. The summed E-state index contributed by atoms with van der Waals surface area (Å²) in [4.78, 5) is 21.3. The molecular formula is C84H62N4O4. The van der Waals surface area contributed by atoms with Crippen LogP contribution in [0.4, 0.5) is 0 Å². The van der Waals surface area contributed by atoms with Gasteiger partial charge in [-0.25, -0.2) is 9.97 Å². The van der Waals surface area contributed by atoms with E-state index < -0.39 is 0 Å². The zero-order chi connectivity index (χ0) is 62.2. The molecule has 2 aliphatic heterocycles. The van der Waals surface area contributed by atoms with E-state index in [2.05, 4.69) is 250 Å². The number of ether oxygens (including phenoxy) is 4. The first-order valence-electron chi connectivity index (χ1n) is 31.2. The molecule has 8 nitrogen and oxygen atoms in total. The fraction of sp³-hybridized carbons (Fsp3) is 0.0952. The number of hydrogen-bond donors (Lipinski definition) is 2. The first kappa shape index (κ1) is 54.7. The van der Waals surface area contributed by atoms with E-state index in [1.54, 1.807) is 28.4 Å². The number of aromatic amines is 2. The van der Waals surface area contributed by atoms with Crippen LogP contribution in [-0.2, 0) is 0 Å². The molecule has 2 aromatic heterocycles. The van der Waals surface area contributed by atoms with Gasteiger partial charge in [-0.15, -0.1) is 0 Å². The van der Waals surface area contributed by atoms with Crippen LogP contribution in [0, 0.1) is 27.7 Å². The summed E-state index contributed by atoms with van der Waals surface area (Å²) < 4.78 is 24.9. The normalized spacial score (nSPS) is 11.9. The lowest BCUT2D eigenvalue weighted by atomic mass is 9.90. The van der Waals surface area contributed by atoms with Crippen molar-refractivity contribution in [2.75, 3.05) is 28.4 Å². The molecule has 442 valence electrons. The number of fused-ring (bicyclic) bond motifs is 4. The van der Waals surface area contributed by atoms with Gasteiger partial charge in [0.05, 0.1) is 73.3 Å². The third kappa shape index (κ3) is 8.73. The fourth-order valence-corrected chi connectivity index (χ4v) is 14.8. The minimum absolute atomic E-state index is 0.640. The second kappa shape index (κ2) is 21.1. The maximum Gasteiger partial charge on any atom is 0.123 e. The van der Waals surface area contributed by atoms with Crippen molar-refractivity contribution in [2.45, 2.75) is 27.7 Å². The molecule has 92 heavy (non-hydrogen) atoms. The molecule has 0 saturated heterocycles. The molecule has 0 unspecified atom stereocenters. The Kier molecular flexibility index (Phi) is 12.5. The van der Waals surface area contributed by atoms with Crippen LogP contribution in [-0.4, -0.2) is 48.4 Å². The van der Waals surface area contributed by atoms with Crippen molar-refractivity contribution < 1.29 is 18.9 Å². The third-order valence-electron chi connectivity index (χ3n) is 18.8. The molecule has 8 heteroatoms. The van der Waals surface area contributed by atoms with Gasteiger partial charge < -0.3 is 28.9 Å². The van der Waals surface area contributed by atoms with Crippen LogP contribution in [0.5, 0.6) is 23.0 Å². The van der Waals surface area contributed by atoms with Crippen molar-refractivity contribution in [2.24, 2.45) is 0 Å². The number of hydrogen-bond acceptors (Lipinski definition) is 6. The predicted molar refractivity (Wildman–Crippen MR) is 382 cm³/mol.